The van der Waals surface area contributed by atoms with E-state index in [4.69, 9.17) is 10.8 Å². The molecule has 1 heterocycles. The van der Waals surface area contributed by atoms with Crippen LogP contribution in [0.4, 0.5) is 10.9 Å². The van der Waals surface area contributed by atoms with Crippen molar-refractivity contribution >= 4 is 40.0 Å². The third-order valence-corrected chi connectivity index (χ3v) is 4.38. The number of nitrogen functional groups attached to an aromatic ring is 1. The first kappa shape index (κ1) is 18.1. The number of anilines is 2. The van der Waals surface area contributed by atoms with E-state index in [9.17, 15) is 4.79 Å². The zero-order valence-electron chi connectivity index (χ0n) is 12.7. The van der Waals surface area contributed by atoms with Crippen molar-refractivity contribution in [3.8, 4) is 0 Å². The molecule has 1 amide bonds. The molecular formula is C13H24N4O2S2. The lowest BCUT2D eigenvalue weighted by Crippen LogP contribution is -2.26. The van der Waals surface area contributed by atoms with Gasteiger partial charge in [0, 0.05) is 24.4 Å². The van der Waals surface area contributed by atoms with Crippen LogP contribution in [-0.4, -0.2) is 46.2 Å². The van der Waals surface area contributed by atoms with Crippen molar-refractivity contribution in [2.24, 2.45) is 0 Å². The molecule has 8 heteroatoms. The Morgan fingerprint density at radius 3 is 2.76 bits per heavy atom. The fraction of sp³-hybridized carbons (Fsp3) is 0.692. The van der Waals surface area contributed by atoms with E-state index in [0.717, 1.165) is 17.9 Å². The standard InChI is InChI=1S/C13H24N4O2S2/c1-13(2,3)17-12-16-10(14)9(21-12)11(19)15-5-8-20-7-4-6-18/h18H,4-8,14H2,1-3H3,(H,15,19)(H,16,17). The minimum atomic E-state index is -0.185. The number of rotatable bonds is 8. The van der Waals surface area contributed by atoms with Gasteiger partial charge in [-0.25, -0.2) is 4.98 Å². The number of carbonyl (C=O) groups is 1. The molecule has 0 bridgehead atoms. The van der Waals surface area contributed by atoms with Crippen LogP contribution in [0.2, 0.25) is 0 Å². The van der Waals surface area contributed by atoms with Gasteiger partial charge in [-0.05, 0) is 32.9 Å². The van der Waals surface area contributed by atoms with E-state index in [0.29, 0.717) is 16.6 Å². The van der Waals surface area contributed by atoms with Crippen molar-refractivity contribution in [3.63, 3.8) is 0 Å². The van der Waals surface area contributed by atoms with Gasteiger partial charge in [0.2, 0.25) is 0 Å². The number of nitrogens with zero attached hydrogens (tertiary/aromatic N) is 1. The molecule has 0 aliphatic heterocycles. The molecule has 0 spiro atoms. The number of aromatic nitrogens is 1. The minimum absolute atomic E-state index is 0.124. The van der Waals surface area contributed by atoms with E-state index >= 15 is 0 Å². The van der Waals surface area contributed by atoms with E-state index in [1.54, 1.807) is 11.8 Å². The van der Waals surface area contributed by atoms with Crippen molar-refractivity contribution in [1.29, 1.82) is 0 Å². The number of thioether (sulfide) groups is 1. The van der Waals surface area contributed by atoms with Crippen LogP contribution in [0, 0.1) is 0 Å². The number of nitrogens with one attached hydrogen (secondary N) is 2. The summed E-state index contributed by atoms with van der Waals surface area (Å²) >= 11 is 2.97. The molecule has 1 aromatic heterocycles. The quantitative estimate of drug-likeness (QED) is 0.542. The predicted molar refractivity (Wildman–Crippen MR) is 91.3 cm³/mol. The molecule has 0 atom stereocenters. The van der Waals surface area contributed by atoms with Gasteiger partial charge in [0.05, 0.1) is 0 Å². The second-order valence-electron chi connectivity index (χ2n) is 5.55. The highest BCUT2D eigenvalue weighted by Crippen LogP contribution is 2.27. The summed E-state index contributed by atoms with van der Waals surface area (Å²) in [5.74, 6) is 1.79. The monoisotopic (exact) mass is 332 g/mol. The normalized spacial score (nSPS) is 11.4. The van der Waals surface area contributed by atoms with Crippen LogP contribution >= 0.6 is 23.1 Å². The maximum absolute atomic E-state index is 12.0. The number of aliphatic hydroxyl groups excluding tert-OH is 1. The first-order valence-corrected chi connectivity index (χ1v) is 8.82. The summed E-state index contributed by atoms with van der Waals surface area (Å²) < 4.78 is 0. The zero-order valence-corrected chi connectivity index (χ0v) is 14.4. The molecule has 21 heavy (non-hydrogen) atoms. The Balaban J connectivity index is 2.43. The Hall–Kier alpha value is -0.990. The Bertz CT molecular complexity index is 458. The van der Waals surface area contributed by atoms with Gasteiger partial charge in [0.1, 0.15) is 10.7 Å². The summed E-state index contributed by atoms with van der Waals surface area (Å²) in [7, 11) is 0. The van der Waals surface area contributed by atoms with Gasteiger partial charge in [-0.3, -0.25) is 4.79 Å². The Morgan fingerprint density at radius 1 is 1.43 bits per heavy atom. The van der Waals surface area contributed by atoms with Crippen LogP contribution in [0.3, 0.4) is 0 Å². The second kappa shape index (κ2) is 8.45. The van der Waals surface area contributed by atoms with Crippen molar-refractivity contribution in [3.05, 3.63) is 4.88 Å². The number of hydrogen-bond donors (Lipinski definition) is 4. The summed E-state index contributed by atoms with van der Waals surface area (Å²) in [6, 6.07) is 0. The van der Waals surface area contributed by atoms with Gasteiger partial charge in [-0.2, -0.15) is 11.8 Å². The minimum Gasteiger partial charge on any atom is -0.396 e. The van der Waals surface area contributed by atoms with Gasteiger partial charge < -0.3 is 21.5 Å². The van der Waals surface area contributed by atoms with E-state index in [2.05, 4.69) is 15.6 Å². The second-order valence-corrected chi connectivity index (χ2v) is 7.78. The van der Waals surface area contributed by atoms with Crippen LogP contribution in [0.25, 0.3) is 0 Å². The molecule has 0 aliphatic rings. The fourth-order valence-electron chi connectivity index (χ4n) is 1.45. The van der Waals surface area contributed by atoms with Gasteiger partial charge >= 0.3 is 0 Å². The van der Waals surface area contributed by atoms with Crippen molar-refractivity contribution in [2.45, 2.75) is 32.7 Å². The van der Waals surface area contributed by atoms with Crippen molar-refractivity contribution < 1.29 is 9.90 Å². The molecule has 1 rings (SSSR count). The molecule has 0 unspecified atom stereocenters. The lowest BCUT2D eigenvalue weighted by Gasteiger charge is -2.19. The zero-order chi connectivity index (χ0) is 15.9. The third-order valence-electron chi connectivity index (χ3n) is 2.32. The van der Waals surface area contributed by atoms with Crippen LogP contribution in [0.1, 0.15) is 36.9 Å². The molecule has 1 aromatic rings. The Morgan fingerprint density at radius 2 is 2.14 bits per heavy atom. The summed E-state index contributed by atoms with van der Waals surface area (Å²) in [5, 5.41) is 15.4. The lowest BCUT2D eigenvalue weighted by atomic mass is 10.1. The maximum Gasteiger partial charge on any atom is 0.265 e. The van der Waals surface area contributed by atoms with Crippen molar-refractivity contribution in [2.75, 3.05) is 35.7 Å². The van der Waals surface area contributed by atoms with Crippen LogP contribution in [-0.2, 0) is 0 Å². The molecule has 6 nitrogen and oxygen atoms in total. The largest absolute Gasteiger partial charge is 0.396 e. The summed E-state index contributed by atoms with van der Waals surface area (Å²) in [4.78, 5) is 16.7. The van der Waals surface area contributed by atoms with Crippen LogP contribution in [0.15, 0.2) is 0 Å². The van der Waals surface area contributed by atoms with E-state index in [-0.39, 0.29) is 23.9 Å². The molecule has 0 aliphatic carbocycles. The highest BCUT2D eigenvalue weighted by atomic mass is 32.2. The fourth-order valence-corrected chi connectivity index (χ4v) is 3.25. The lowest BCUT2D eigenvalue weighted by molar-refractivity contribution is 0.0961. The number of nitrogens with two attached hydrogens (primary N) is 1. The number of carbonyl (C=O) groups excluding carboxylic acids is 1. The van der Waals surface area contributed by atoms with Crippen LogP contribution < -0.4 is 16.4 Å². The summed E-state index contributed by atoms with van der Waals surface area (Å²) in [6.45, 7) is 6.85. The molecule has 0 radical (unpaired) electrons. The average Bonchev–Trinajstić information content (AvgIpc) is 2.72. The molecular weight excluding hydrogens is 308 g/mol. The third kappa shape index (κ3) is 7.01. The smallest absolute Gasteiger partial charge is 0.265 e. The summed E-state index contributed by atoms with van der Waals surface area (Å²) in [6.07, 6.45) is 0.780. The number of hydrogen-bond acceptors (Lipinski definition) is 7. The Labute approximate surface area is 133 Å². The molecule has 0 fully saturated rings. The van der Waals surface area contributed by atoms with Gasteiger partial charge in [0.25, 0.3) is 5.91 Å². The molecule has 0 saturated heterocycles. The van der Waals surface area contributed by atoms with Gasteiger partial charge in [-0.15, -0.1) is 0 Å². The highest BCUT2D eigenvalue weighted by molar-refractivity contribution is 7.99. The maximum atomic E-state index is 12.0. The van der Waals surface area contributed by atoms with E-state index < -0.39 is 0 Å². The van der Waals surface area contributed by atoms with Gasteiger partial charge in [-0.1, -0.05) is 11.3 Å². The number of amides is 1. The number of aliphatic hydroxyl groups is 1. The van der Waals surface area contributed by atoms with Crippen molar-refractivity contribution in [1.82, 2.24) is 10.3 Å². The van der Waals surface area contributed by atoms with E-state index in [1.165, 1.54) is 11.3 Å². The average molecular weight is 332 g/mol. The van der Waals surface area contributed by atoms with E-state index in [1.807, 2.05) is 20.8 Å². The predicted octanol–water partition coefficient (Wildman–Crippen LogP) is 1.78. The topological polar surface area (TPSA) is 100 Å². The molecule has 120 valence electrons. The van der Waals surface area contributed by atoms with Gasteiger partial charge in [0.15, 0.2) is 5.13 Å². The van der Waals surface area contributed by atoms with Crippen LogP contribution in [0.5, 0.6) is 0 Å². The number of thiazole rings is 1. The first-order chi connectivity index (χ1) is 9.83. The SMILES string of the molecule is CC(C)(C)Nc1nc(N)c(C(=O)NCCSCCCO)s1. The highest BCUT2D eigenvalue weighted by Gasteiger charge is 2.18. The molecule has 0 saturated carbocycles. The molecule has 5 N–H and O–H groups in total. The molecule has 0 aromatic carbocycles. The summed E-state index contributed by atoms with van der Waals surface area (Å²) in [5.41, 5.74) is 5.67. The first-order valence-electron chi connectivity index (χ1n) is 6.85. The Kier molecular flexibility index (Phi) is 7.27.